The maximum Gasteiger partial charge on any atom is 0.305 e. The first kappa shape index (κ1) is 117. The predicted octanol–water partition coefficient (Wildman–Crippen LogP) is -11.2. The molecule has 0 spiro atoms. The van der Waals surface area contributed by atoms with Crippen LogP contribution in [0.4, 0.5) is 0 Å². The van der Waals surface area contributed by atoms with Crippen LogP contribution in [0.1, 0.15) is 185 Å². The molecule has 0 aliphatic heterocycles. The molecule has 0 aromatic carbocycles. The molecule has 744 valence electrons. The number of aliphatic carboxylic acids is 3. The summed E-state index contributed by atoms with van der Waals surface area (Å²) in [4.78, 5) is 313. The molecule has 0 saturated heterocycles. The van der Waals surface area contributed by atoms with Crippen LogP contribution in [0, 0.1) is 29.6 Å². The van der Waals surface area contributed by atoms with Crippen LogP contribution in [0.15, 0.2) is 0 Å². The lowest BCUT2D eigenvalue weighted by molar-refractivity contribution is -0.141. The van der Waals surface area contributed by atoms with E-state index in [0.29, 0.717) is 6.42 Å². The molecule has 0 aromatic rings. The van der Waals surface area contributed by atoms with Gasteiger partial charge in [0.05, 0.1) is 71.0 Å². The van der Waals surface area contributed by atoms with E-state index < -0.39 is 342 Å². The highest BCUT2D eigenvalue weighted by atomic mass is 16.4. The second-order valence-electron chi connectivity index (χ2n) is 33.0. The van der Waals surface area contributed by atoms with Crippen LogP contribution in [-0.4, -0.2) is 311 Å². The van der Waals surface area contributed by atoms with Crippen molar-refractivity contribution >= 4 is 142 Å². The quantitative estimate of drug-likeness (QED) is 0.0251. The van der Waals surface area contributed by atoms with Crippen LogP contribution in [0.2, 0.25) is 0 Å². The molecule has 52 heteroatoms. The van der Waals surface area contributed by atoms with Crippen molar-refractivity contribution < 1.29 is 141 Å². The number of carbonyl (C=O) groups is 24. The number of aliphatic hydroxyl groups excluding tert-OH is 2. The summed E-state index contributed by atoms with van der Waals surface area (Å²) in [6.45, 7) is 8.87. The van der Waals surface area contributed by atoms with Gasteiger partial charge in [-0.3, -0.25) is 115 Å². The van der Waals surface area contributed by atoms with Crippen LogP contribution < -0.4 is 124 Å². The van der Waals surface area contributed by atoms with E-state index in [1.54, 1.807) is 27.7 Å². The number of nitrogens with two attached hydrogens (primary N) is 4. The highest BCUT2D eigenvalue weighted by Crippen LogP contribution is 2.27. The third kappa shape index (κ3) is 47.6. The van der Waals surface area contributed by atoms with E-state index >= 15 is 0 Å². The minimum absolute atomic E-state index is 0.00927. The lowest BCUT2D eigenvalue weighted by atomic mass is 9.85. The highest BCUT2D eigenvalue weighted by Gasteiger charge is 2.39. The van der Waals surface area contributed by atoms with Gasteiger partial charge in [0.2, 0.25) is 124 Å². The summed E-state index contributed by atoms with van der Waals surface area (Å²) >= 11 is 0. The first-order valence-electron chi connectivity index (χ1n) is 43.3. The largest absolute Gasteiger partial charge is 0.481 e. The topological polar surface area (TPSA) is 843 Å². The summed E-state index contributed by atoms with van der Waals surface area (Å²) in [7, 11) is 0. The molecule has 32 N–H and O–H groups in total. The van der Waals surface area contributed by atoms with Gasteiger partial charge in [-0.25, -0.2) is 0 Å². The number of nitrogens with one attached hydrogen (secondary N) is 19. The molecule has 1 rings (SSSR count). The molecule has 1 saturated carbocycles. The van der Waals surface area contributed by atoms with Crippen molar-refractivity contribution in [3.63, 3.8) is 0 Å². The van der Waals surface area contributed by atoms with Crippen molar-refractivity contribution in [1.29, 1.82) is 0 Å². The zero-order valence-electron chi connectivity index (χ0n) is 75.9. The van der Waals surface area contributed by atoms with Crippen molar-refractivity contribution in [2.24, 2.45) is 52.5 Å². The fourth-order valence-electron chi connectivity index (χ4n) is 12.8. The monoisotopic (exact) mass is 1880 g/mol. The molecular formula is C80H135N23O29. The van der Waals surface area contributed by atoms with Crippen molar-refractivity contribution in [3.05, 3.63) is 0 Å². The maximum atomic E-state index is 14.1. The molecule has 0 unspecified atom stereocenters. The third-order valence-electron chi connectivity index (χ3n) is 20.5. The highest BCUT2D eigenvalue weighted by molar-refractivity contribution is 6.01. The van der Waals surface area contributed by atoms with Crippen LogP contribution in [0.5, 0.6) is 0 Å². The number of primary amides is 2. The molecular weight excluding hydrogens is 1750 g/mol. The first-order chi connectivity index (χ1) is 61.8. The summed E-state index contributed by atoms with van der Waals surface area (Å²) < 4.78 is 0. The number of carboxylic acids is 3. The first-order valence-corrected chi connectivity index (χ1v) is 43.3. The SMILES string of the molecule is CC[C@H](C)[C@H](NC(=O)[C@H](CC(C)C)NC(=O)CNC(=O)[C@@H](NC(=O)[C@H](CO)NC(=O)[C@@H](NC(=O)[C@@H](NC(=O)CNC(=O)CNC(=O)[C@H](C)NC(=O)[C@H](CCCCN)NC(=O)[C@H](CCC(=O)O)NC(=O)[C@H](CCC(=O)O)NC(=O)[C@H](CCC(N)=O)NC(=O)CNC(=O)[C@H](CC(=O)O)NC(=O)[C@@H](N)CC1CCCCC1)C(C)C)C(C)C)[C@@H](C)O)C(=O)NCC(=O)NCC(=O)NCC(N)=O. The van der Waals surface area contributed by atoms with E-state index in [4.69, 9.17) is 22.9 Å². The molecule has 0 heterocycles. The zero-order chi connectivity index (χ0) is 100. The average molecular weight is 1880 g/mol. The van der Waals surface area contributed by atoms with Gasteiger partial charge in [-0.1, -0.05) is 93.9 Å². The van der Waals surface area contributed by atoms with Crippen LogP contribution in [0.25, 0.3) is 0 Å². The summed E-state index contributed by atoms with van der Waals surface area (Å²) in [5.74, 6) is -28.0. The standard InChI is InChI=1S/C80H135N23O29/c1-11-41(8)66(77(129)90-33-57(110)86-31-55(108)85-30-54(84)107)102-75(127)50(27-38(2)3)94-59(112)36-91-78(130)67(43(10)105)103-76(128)52(37-104)99-79(131)65(40(6)7)101-80(132)64(39(4)5)100-60(113)34-87-56(109)32-88-68(120)42(9)92-71(123)46(19-15-16-26-81)95-73(125)48(21-24-61(114)115)97-74(126)49(22-25-62(116)117)96-72(124)47(20-23-53(83)106)93-58(111)35-89-70(122)51(29-63(118)119)98-69(121)45(82)28-44-17-13-12-14-18-44/h38-52,64-67,104-105H,11-37,81-82H2,1-10H3,(H2,83,106)(H2,84,107)(H,85,108)(H,86,110)(H,87,109)(H,88,120)(H,89,122)(H,90,129)(H,91,130)(H,92,123)(H,93,111)(H,94,112)(H,95,125)(H,96,124)(H,97,126)(H,98,121)(H,99,131)(H,100,113)(H,101,132)(H,102,127)(H,103,128)(H,114,115)(H,116,117)(H,118,119)/t41-,42-,43+,45-,46-,47-,48-,49-,50-,51-,52-,64-,65-,66-,67-/m0/s1. The minimum Gasteiger partial charge on any atom is -0.481 e. The van der Waals surface area contributed by atoms with Crippen LogP contribution >= 0.6 is 0 Å². The summed E-state index contributed by atoms with van der Waals surface area (Å²) in [6.07, 6.45) is -1.57. The predicted molar refractivity (Wildman–Crippen MR) is 463 cm³/mol. The third-order valence-corrected chi connectivity index (χ3v) is 20.5. The fourth-order valence-corrected chi connectivity index (χ4v) is 12.8. The van der Waals surface area contributed by atoms with E-state index in [2.05, 4.69) is 101 Å². The van der Waals surface area contributed by atoms with Gasteiger partial charge in [0.25, 0.3) is 0 Å². The second kappa shape index (κ2) is 61.6. The number of carboxylic acid groups (broad SMARTS) is 3. The Morgan fingerprint density at radius 3 is 1.19 bits per heavy atom. The molecule has 0 radical (unpaired) electrons. The fraction of sp³-hybridized carbons (Fsp3) is 0.700. The Labute approximate surface area is 761 Å². The molecule has 132 heavy (non-hydrogen) atoms. The molecule has 1 fully saturated rings. The zero-order valence-corrected chi connectivity index (χ0v) is 75.9. The number of carbonyl (C=O) groups excluding carboxylic acids is 21. The van der Waals surface area contributed by atoms with Crippen LogP contribution in [0.3, 0.4) is 0 Å². The van der Waals surface area contributed by atoms with Gasteiger partial charge in [-0.15, -0.1) is 0 Å². The lowest BCUT2D eigenvalue weighted by Gasteiger charge is -2.29. The Morgan fingerprint density at radius 2 is 0.727 bits per heavy atom. The Morgan fingerprint density at radius 1 is 0.348 bits per heavy atom. The van der Waals surface area contributed by atoms with Gasteiger partial charge in [0.1, 0.15) is 72.5 Å². The maximum absolute atomic E-state index is 14.1. The molecule has 15 atom stereocenters. The number of rotatable bonds is 64. The van der Waals surface area contributed by atoms with Crippen molar-refractivity contribution in [2.45, 2.75) is 269 Å². The molecule has 0 bridgehead atoms. The summed E-state index contributed by atoms with van der Waals surface area (Å²) in [5.41, 5.74) is 22.1. The normalized spacial score (nSPS) is 15.2. The van der Waals surface area contributed by atoms with Gasteiger partial charge in [-0.05, 0) is 101 Å². The molecule has 0 aromatic heterocycles. The average Bonchev–Trinajstić information content (AvgIpc) is 0.855. The molecule has 1 aliphatic rings. The van der Waals surface area contributed by atoms with E-state index in [1.807, 2.05) is 0 Å². The smallest absolute Gasteiger partial charge is 0.305 e. The van der Waals surface area contributed by atoms with Gasteiger partial charge >= 0.3 is 17.9 Å². The summed E-state index contributed by atoms with van der Waals surface area (Å²) in [6, 6.07) is -20.7. The molecule has 21 amide bonds. The Bertz CT molecular complexity index is 4000. The Kier molecular flexibility index (Phi) is 54.7. The van der Waals surface area contributed by atoms with Gasteiger partial charge < -0.3 is 149 Å². The molecule has 1 aliphatic carbocycles. The lowest BCUT2D eigenvalue weighted by Crippen LogP contribution is -2.62. The molecule has 52 nitrogen and oxygen atoms in total. The second-order valence-corrected chi connectivity index (χ2v) is 33.0. The van der Waals surface area contributed by atoms with Gasteiger partial charge in [0, 0.05) is 19.3 Å². The van der Waals surface area contributed by atoms with E-state index in [9.17, 15) is 141 Å². The van der Waals surface area contributed by atoms with Crippen molar-refractivity contribution in [2.75, 3.05) is 59.0 Å². The van der Waals surface area contributed by atoms with Crippen molar-refractivity contribution in [1.82, 2.24) is 101 Å². The summed E-state index contributed by atoms with van der Waals surface area (Å²) in [5, 5.41) is 93.5. The number of unbranched alkanes of at least 4 members (excludes halogenated alkanes) is 1. The minimum atomic E-state index is -1.92. The van der Waals surface area contributed by atoms with Gasteiger partial charge in [-0.2, -0.15) is 0 Å². The van der Waals surface area contributed by atoms with E-state index in [0.717, 1.165) is 46.0 Å². The Balaban J connectivity index is 3.15. The van der Waals surface area contributed by atoms with Crippen molar-refractivity contribution in [3.8, 4) is 0 Å². The van der Waals surface area contributed by atoms with Crippen LogP contribution in [-0.2, 0) is 115 Å². The number of hydrogen-bond donors (Lipinski definition) is 28. The number of aliphatic hydroxyl groups is 2. The number of amides is 21. The number of hydrogen-bond acceptors (Lipinski definition) is 28. The van der Waals surface area contributed by atoms with E-state index in [-0.39, 0.29) is 50.5 Å². The van der Waals surface area contributed by atoms with Gasteiger partial charge in [0.15, 0.2) is 0 Å². The Hall–Kier alpha value is -12.9. The van der Waals surface area contributed by atoms with E-state index in [1.165, 1.54) is 27.7 Å².